The zero-order valence-electron chi connectivity index (χ0n) is 5.14. The molecule has 1 aliphatic rings. The van der Waals surface area contributed by atoms with Gasteiger partial charge in [0.2, 0.25) is 15.3 Å². The average Bonchev–Trinajstić information content (AvgIpc) is 2.32. The summed E-state index contributed by atoms with van der Waals surface area (Å²) in [5.74, 6) is 0. The molecular weight excluding hydrogens is 176 g/mol. The molecule has 0 amide bonds. The SMILES string of the molecule is O=[N+]([O-])N1NNCC1=S(=O)=O. The third-order valence-corrected chi connectivity index (χ3v) is 1.72. The minimum absolute atomic E-state index is 0.0862. The van der Waals surface area contributed by atoms with Crippen LogP contribution < -0.4 is 11.0 Å². The highest BCUT2D eigenvalue weighted by Crippen LogP contribution is 1.89. The maximum Gasteiger partial charge on any atom is 0.243 e. The first-order valence-electron chi connectivity index (χ1n) is 2.51. The number of hydrazine groups is 3. The molecule has 0 radical (unpaired) electrons. The zero-order chi connectivity index (χ0) is 8.43. The molecule has 1 aliphatic heterocycles. The zero-order valence-corrected chi connectivity index (χ0v) is 5.96. The Morgan fingerprint density at radius 3 is 2.64 bits per heavy atom. The molecule has 0 aromatic rings. The second-order valence-electron chi connectivity index (χ2n) is 1.64. The standard InChI is InChI=1S/C2H4N4O4S/c7-6(8)5-2(11(9)10)1-3-4-5/h3-4H,1H2. The third kappa shape index (κ3) is 1.45. The van der Waals surface area contributed by atoms with Crippen molar-refractivity contribution in [1.29, 1.82) is 0 Å². The van der Waals surface area contributed by atoms with E-state index in [2.05, 4.69) is 5.43 Å². The van der Waals surface area contributed by atoms with E-state index in [1.807, 2.05) is 5.53 Å². The number of hydrogen-bond acceptors (Lipinski definition) is 6. The lowest BCUT2D eigenvalue weighted by Gasteiger charge is -2.01. The lowest BCUT2D eigenvalue weighted by atomic mass is 10.7. The molecule has 0 bridgehead atoms. The topological polar surface area (TPSA) is 105 Å². The fraction of sp³-hybridized carbons (Fsp3) is 0.500. The van der Waals surface area contributed by atoms with E-state index < -0.39 is 15.3 Å². The Morgan fingerprint density at radius 1 is 1.64 bits per heavy atom. The van der Waals surface area contributed by atoms with Crippen LogP contribution in [0.4, 0.5) is 0 Å². The van der Waals surface area contributed by atoms with Crippen molar-refractivity contribution in [2.45, 2.75) is 0 Å². The molecule has 0 aromatic carbocycles. The second-order valence-corrected chi connectivity index (χ2v) is 2.58. The molecule has 1 rings (SSSR count). The molecule has 1 saturated heterocycles. The van der Waals surface area contributed by atoms with Crippen molar-refractivity contribution >= 4 is 15.3 Å². The highest BCUT2D eigenvalue weighted by atomic mass is 32.2. The number of hydrogen-bond donors (Lipinski definition) is 2. The van der Waals surface area contributed by atoms with E-state index in [4.69, 9.17) is 0 Å². The van der Waals surface area contributed by atoms with Gasteiger partial charge in [-0.15, -0.1) is 5.53 Å². The van der Waals surface area contributed by atoms with Gasteiger partial charge in [0.15, 0.2) is 5.03 Å². The lowest BCUT2D eigenvalue weighted by molar-refractivity contribution is -0.641. The van der Waals surface area contributed by atoms with Gasteiger partial charge in [0.1, 0.15) is 0 Å². The van der Waals surface area contributed by atoms with E-state index in [-0.39, 0.29) is 11.5 Å². The van der Waals surface area contributed by atoms with E-state index >= 15 is 0 Å². The molecule has 11 heavy (non-hydrogen) atoms. The summed E-state index contributed by atoms with van der Waals surface area (Å²) in [6.45, 7) is -0.0862. The predicted molar refractivity (Wildman–Crippen MR) is 33.9 cm³/mol. The van der Waals surface area contributed by atoms with Crippen molar-refractivity contribution < 1.29 is 13.5 Å². The van der Waals surface area contributed by atoms with Crippen molar-refractivity contribution in [1.82, 2.24) is 16.1 Å². The van der Waals surface area contributed by atoms with Gasteiger partial charge in [-0.1, -0.05) is 0 Å². The summed E-state index contributed by atoms with van der Waals surface area (Å²) >= 11 is 0. The normalized spacial score (nSPS) is 17.1. The number of nitro groups is 1. The molecule has 2 N–H and O–H groups in total. The predicted octanol–water partition coefficient (Wildman–Crippen LogP) is -2.49. The molecule has 0 aromatic heterocycles. The van der Waals surface area contributed by atoms with Crippen LogP contribution in [0, 0.1) is 10.1 Å². The molecule has 62 valence electrons. The molecule has 8 nitrogen and oxygen atoms in total. The minimum atomic E-state index is -2.57. The summed E-state index contributed by atoms with van der Waals surface area (Å²) < 4.78 is 20.5. The monoisotopic (exact) mass is 180 g/mol. The van der Waals surface area contributed by atoms with Crippen LogP contribution in [0.1, 0.15) is 0 Å². The van der Waals surface area contributed by atoms with Crippen LogP contribution in [-0.4, -0.2) is 30.1 Å². The van der Waals surface area contributed by atoms with E-state index in [0.717, 1.165) is 0 Å². The smallest absolute Gasteiger partial charge is 0.233 e. The summed E-state index contributed by atoms with van der Waals surface area (Å²) in [4.78, 5) is 9.71. The quantitative estimate of drug-likeness (QED) is 0.261. The fourth-order valence-corrected chi connectivity index (χ4v) is 1.03. The molecule has 0 unspecified atom stereocenters. The average molecular weight is 180 g/mol. The van der Waals surface area contributed by atoms with Crippen LogP contribution in [0.25, 0.3) is 0 Å². The fourth-order valence-electron chi connectivity index (χ4n) is 0.589. The summed E-state index contributed by atoms with van der Waals surface area (Å²) in [5, 5.41) is 9.49. The Kier molecular flexibility index (Phi) is 2.03. The van der Waals surface area contributed by atoms with Crippen molar-refractivity contribution in [3.63, 3.8) is 0 Å². The second kappa shape index (κ2) is 2.82. The van der Waals surface area contributed by atoms with Gasteiger partial charge < -0.3 is 0 Å². The van der Waals surface area contributed by atoms with Crippen LogP contribution in [0.3, 0.4) is 0 Å². The minimum Gasteiger partial charge on any atom is -0.233 e. The molecule has 0 spiro atoms. The van der Waals surface area contributed by atoms with E-state index in [9.17, 15) is 18.5 Å². The van der Waals surface area contributed by atoms with Crippen LogP contribution in [0.5, 0.6) is 0 Å². The van der Waals surface area contributed by atoms with Crippen LogP contribution in [-0.2, 0) is 10.3 Å². The number of rotatable bonds is 1. The van der Waals surface area contributed by atoms with Gasteiger partial charge in [-0.3, -0.25) is 0 Å². The highest BCUT2D eigenvalue weighted by molar-refractivity contribution is 7.72. The van der Waals surface area contributed by atoms with E-state index in [0.29, 0.717) is 5.12 Å². The molecule has 0 atom stereocenters. The molecule has 0 aliphatic carbocycles. The van der Waals surface area contributed by atoms with Crippen molar-refractivity contribution in [3.8, 4) is 0 Å². The van der Waals surface area contributed by atoms with Crippen LogP contribution in [0.2, 0.25) is 0 Å². The van der Waals surface area contributed by atoms with Crippen molar-refractivity contribution in [2.75, 3.05) is 6.54 Å². The molecule has 0 saturated carbocycles. The first-order chi connectivity index (χ1) is 5.13. The Balaban J connectivity index is 3.01. The maximum atomic E-state index is 10.3. The molecule has 1 fully saturated rings. The molecule has 1 heterocycles. The van der Waals surface area contributed by atoms with Gasteiger partial charge in [0, 0.05) is 5.12 Å². The van der Waals surface area contributed by atoms with E-state index in [1.54, 1.807) is 0 Å². The first kappa shape index (κ1) is 7.91. The number of nitrogens with one attached hydrogen (secondary N) is 2. The van der Waals surface area contributed by atoms with Gasteiger partial charge in [0.05, 0.1) is 6.54 Å². The van der Waals surface area contributed by atoms with Gasteiger partial charge in [0.25, 0.3) is 0 Å². The van der Waals surface area contributed by atoms with Gasteiger partial charge in [-0.05, 0) is 0 Å². The Labute approximate surface area is 62.4 Å². The summed E-state index contributed by atoms with van der Waals surface area (Å²) in [6.07, 6.45) is 0. The summed E-state index contributed by atoms with van der Waals surface area (Å²) in [5.41, 5.74) is 4.33. The Bertz CT molecular complexity index is 298. The molecular formula is C2H4N4O4S. The third-order valence-electron chi connectivity index (χ3n) is 1.02. The maximum absolute atomic E-state index is 10.3. The largest absolute Gasteiger partial charge is 0.243 e. The summed E-state index contributed by atoms with van der Waals surface area (Å²) in [7, 11) is -2.57. The van der Waals surface area contributed by atoms with Crippen LogP contribution in [0.15, 0.2) is 0 Å². The van der Waals surface area contributed by atoms with Crippen LogP contribution >= 0.6 is 0 Å². The van der Waals surface area contributed by atoms with Crippen molar-refractivity contribution in [2.24, 2.45) is 0 Å². The molecule has 9 heteroatoms. The first-order valence-corrected chi connectivity index (χ1v) is 3.58. The highest BCUT2D eigenvalue weighted by Gasteiger charge is 2.28. The lowest BCUT2D eigenvalue weighted by Crippen LogP contribution is -2.42. The Morgan fingerprint density at radius 2 is 2.27 bits per heavy atom. The summed E-state index contributed by atoms with van der Waals surface area (Å²) in [6, 6.07) is 0. The Hall–Kier alpha value is -1.19. The van der Waals surface area contributed by atoms with Crippen molar-refractivity contribution in [3.05, 3.63) is 10.1 Å². The van der Waals surface area contributed by atoms with Gasteiger partial charge in [-0.2, -0.15) is 8.42 Å². The van der Waals surface area contributed by atoms with Gasteiger partial charge in [-0.25, -0.2) is 15.5 Å². The van der Waals surface area contributed by atoms with E-state index in [1.165, 1.54) is 0 Å². The van der Waals surface area contributed by atoms with Gasteiger partial charge >= 0.3 is 0 Å². The number of nitrogens with zero attached hydrogens (tertiary/aromatic N) is 2.